The molecule has 1 aliphatic rings. The van der Waals surface area contributed by atoms with Crippen LogP contribution >= 0.6 is 22.9 Å². The molecule has 0 saturated heterocycles. The average Bonchev–Trinajstić information content (AvgIpc) is 2.80. The van der Waals surface area contributed by atoms with Crippen LogP contribution in [0, 0.1) is 0 Å². The van der Waals surface area contributed by atoms with Crippen molar-refractivity contribution in [3.8, 4) is 0 Å². The summed E-state index contributed by atoms with van der Waals surface area (Å²) in [6.45, 7) is 0.942. The van der Waals surface area contributed by atoms with E-state index in [9.17, 15) is 0 Å². The lowest BCUT2D eigenvalue weighted by molar-refractivity contribution is 0.290. The Morgan fingerprint density at radius 3 is 3.00 bits per heavy atom. The van der Waals surface area contributed by atoms with E-state index in [0.717, 1.165) is 11.6 Å². The van der Waals surface area contributed by atoms with Gasteiger partial charge in [-0.05, 0) is 36.5 Å². The molecule has 0 amide bonds. The number of rotatable bonds is 4. The molecule has 1 N–H and O–H groups in total. The predicted octanol–water partition coefficient (Wildman–Crippen LogP) is 3.83. The molecule has 0 aliphatic heterocycles. The zero-order chi connectivity index (χ0) is 12.4. The highest BCUT2D eigenvalue weighted by molar-refractivity contribution is 7.09. The number of nitrogens with one attached hydrogen (secondary N) is 1. The summed E-state index contributed by atoms with van der Waals surface area (Å²) in [5, 5.41) is 4.41. The summed E-state index contributed by atoms with van der Waals surface area (Å²) < 4.78 is 0. The number of benzene rings is 1. The maximum absolute atomic E-state index is 6.01. The maximum atomic E-state index is 6.01. The summed E-state index contributed by atoms with van der Waals surface area (Å²) >= 11 is 7.72. The van der Waals surface area contributed by atoms with Gasteiger partial charge in [-0.25, -0.2) is 0 Å². The van der Waals surface area contributed by atoms with E-state index in [-0.39, 0.29) is 0 Å². The third kappa shape index (κ3) is 2.74. The summed E-state index contributed by atoms with van der Waals surface area (Å²) in [4.78, 5) is 5.39. The second kappa shape index (κ2) is 5.39. The SMILES string of the molecule is Clc1cccc(C2CC(NCc3cncs3)C2)c1. The van der Waals surface area contributed by atoms with Crippen LogP contribution in [0.4, 0.5) is 0 Å². The van der Waals surface area contributed by atoms with Crippen molar-refractivity contribution >= 4 is 22.9 Å². The second-order valence-electron chi connectivity index (χ2n) is 4.77. The zero-order valence-electron chi connectivity index (χ0n) is 9.97. The fourth-order valence-corrected chi connectivity index (χ4v) is 3.14. The number of hydrogen-bond donors (Lipinski definition) is 1. The lowest BCUT2D eigenvalue weighted by atomic mass is 9.76. The van der Waals surface area contributed by atoms with Gasteiger partial charge in [0.15, 0.2) is 0 Å². The third-order valence-electron chi connectivity index (χ3n) is 3.51. The van der Waals surface area contributed by atoms with Gasteiger partial charge in [0.05, 0.1) is 5.51 Å². The first-order chi connectivity index (χ1) is 8.81. The minimum atomic E-state index is 0.635. The van der Waals surface area contributed by atoms with Crippen LogP contribution < -0.4 is 5.32 Å². The molecule has 4 heteroatoms. The second-order valence-corrected chi connectivity index (χ2v) is 6.18. The highest BCUT2D eigenvalue weighted by atomic mass is 35.5. The summed E-state index contributed by atoms with van der Waals surface area (Å²) in [5.74, 6) is 0.669. The maximum Gasteiger partial charge on any atom is 0.0794 e. The Balaban J connectivity index is 1.48. The molecule has 1 heterocycles. The number of aromatic nitrogens is 1. The number of halogens is 1. The van der Waals surface area contributed by atoms with Gasteiger partial charge in [-0.15, -0.1) is 11.3 Å². The van der Waals surface area contributed by atoms with Crippen LogP contribution in [0.1, 0.15) is 29.2 Å². The van der Waals surface area contributed by atoms with Crippen LogP contribution in [0.2, 0.25) is 5.02 Å². The van der Waals surface area contributed by atoms with Gasteiger partial charge in [0.2, 0.25) is 0 Å². The van der Waals surface area contributed by atoms with E-state index in [0.29, 0.717) is 12.0 Å². The standard InChI is InChI=1S/C14H15ClN2S/c15-12-3-1-2-10(4-12)11-5-13(6-11)17-8-14-7-16-9-18-14/h1-4,7,9,11,13,17H,5-6,8H2. The Bertz CT molecular complexity index is 506. The van der Waals surface area contributed by atoms with E-state index in [1.54, 1.807) is 11.3 Å². The summed E-state index contributed by atoms with van der Waals surface area (Å²) in [6.07, 6.45) is 4.35. The lowest BCUT2D eigenvalue weighted by Crippen LogP contribution is -2.39. The molecule has 1 fully saturated rings. The van der Waals surface area contributed by atoms with E-state index in [1.807, 2.05) is 23.8 Å². The molecule has 3 rings (SSSR count). The Labute approximate surface area is 116 Å². The molecule has 1 aromatic heterocycles. The average molecular weight is 279 g/mol. The summed E-state index contributed by atoms with van der Waals surface area (Å²) in [6, 6.07) is 8.87. The molecule has 94 valence electrons. The smallest absolute Gasteiger partial charge is 0.0794 e. The van der Waals surface area contributed by atoms with Crippen LogP contribution in [0.25, 0.3) is 0 Å². The Kier molecular flexibility index (Phi) is 3.64. The zero-order valence-corrected chi connectivity index (χ0v) is 11.5. The molecular formula is C14H15ClN2S. The molecule has 1 saturated carbocycles. The van der Waals surface area contributed by atoms with Crippen LogP contribution in [-0.4, -0.2) is 11.0 Å². The Morgan fingerprint density at radius 1 is 1.39 bits per heavy atom. The first-order valence-corrected chi connectivity index (χ1v) is 7.43. The number of thiazole rings is 1. The predicted molar refractivity (Wildman–Crippen MR) is 76.2 cm³/mol. The van der Waals surface area contributed by atoms with E-state index < -0.39 is 0 Å². The first-order valence-electron chi connectivity index (χ1n) is 6.17. The molecular weight excluding hydrogens is 264 g/mol. The fourth-order valence-electron chi connectivity index (χ4n) is 2.39. The third-order valence-corrected chi connectivity index (χ3v) is 4.52. The largest absolute Gasteiger partial charge is 0.309 e. The van der Waals surface area contributed by atoms with Gasteiger partial charge in [-0.2, -0.15) is 0 Å². The molecule has 2 aromatic rings. The molecule has 2 nitrogen and oxygen atoms in total. The minimum Gasteiger partial charge on any atom is -0.309 e. The van der Waals surface area contributed by atoms with Crippen LogP contribution in [0.3, 0.4) is 0 Å². The highest BCUT2D eigenvalue weighted by Gasteiger charge is 2.29. The normalized spacial score (nSPS) is 22.7. The summed E-state index contributed by atoms with van der Waals surface area (Å²) in [5.41, 5.74) is 3.25. The van der Waals surface area contributed by atoms with Gasteiger partial charge >= 0.3 is 0 Å². The van der Waals surface area contributed by atoms with Crippen molar-refractivity contribution in [1.82, 2.24) is 10.3 Å². The van der Waals surface area contributed by atoms with Crippen molar-refractivity contribution < 1.29 is 0 Å². The van der Waals surface area contributed by atoms with Gasteiger partial charge in [-0.3, -0.25) is 4.98 Å². The molecule has 0 bridgehead atoms. The van der Waals surface area contributed by atoms with Crippen molar-refractivity contribution in [2.75, 3.05) is 0 Å². The molecule has 0 radical (unpaired) electrons. The van der Waals surface area contributed by atoms with Gasteiger partial charge < -0.3 is 5.32 Å². The quantitative estimate of drug-likeness (QED) is 0.919. The minimum absolute atomic E-state index is 0.635. The molecule has 0 atom stereocenters. The van der Waals surface area contributed by atoms with Gasteiger partial charge in [-0.1, -0.05) is 23.7 Å². The van der Waals surface area contributed by atoms with Crippen LogP contribution in [0.5, 0.6) is 0 Å². The van der Waals surface area contributed by atoms with E-state index in [1.165, 1.54) is 23.3 Å². The van der Waals surface area contributed by atoms with Crippen LogP contribution in [0.15, 0.2) is 36.0 Å². The Hall–Kier alpha value is -0.900. The highest BCUT2D eigenvalue weighted by Crippen LogP contribution is 2.37. The molecule has 1 aliphatic carbocycles. The Morgan fingerprint density at radius 2 is 2.28 bits per heavy atom. The number of nitrogens with zero attached hydrogens (tertiary/aromatic N) is 1. The van der Waals surface area contributed by atoms with E-state index in [4.69, 9.17) is 11.6 Å². The van der Waals surface area contributed by atoms with Gasteiger partial charge in [0, 0.05) is 28.7 Å². The van der Waals surface area contributed by atoms with Crippen molar-refractivity contribution in [2.24, 2.45) is 0 Å². The van der Waals surface area contributed by atoms with Crippen molar-refractivity contribution in [3.05, 3.63) is 51.4 Å². The van der Waals surface area contributed by atoms with Gasteiger partial charge in [0.25, 0.3) is 0 Å². The molecule has 18 heavy (non-hydrogen) atoms. The topological polar surface area (TPSA) is 24.9 Å². The van der Waals surface area contributed by atoms with Crippen LogP contribution in [-0.2, 0) is 6.54 Å². The number of hydrogen-bond acceptors (Lipinski definition) is 3. The first kappa shape index (κ1) is 12.2. The van der Waals surface area contributed by atoms with Crippen molar-refractivity contribution in [3.63, 3.8) is 0 Å². The molecule has 1 aromatic carbocycles. The molecule has 0 spiro atoms. The molecule has 0 unspecified atom stereocenters. The lowest BCUT2D eigenvalue weighted by Gasteiger charge is -2.36. The van der Waals surface area contributed by atoms with E-state index >= 15 is 0 Å². The summed E-state index contributed by atoms with van der Waals surface area (Å²) in [7, 11) is 0. The van der Waals surface area contributed by atoms with Crippen molar-refractivity contribution in [2.45, 2.75) is 31.3 Å². The van der Waals surface area contributed by atoms with Gasteiger partial charge in [0.1, 0.15) is 0 Å². The fraction of sp³-hybridized carbons (Fsp3) is 0.357. The van der Waals surface area contributed by atoms with E-state index in [2.05, 4.69) is 22.4 Å². The van der Waals surface area contributed by atoms with Crippen molar-refractivity contribution in [1.29, 1.82) is 0 Å². The monoisotopic (exact) mass is 278 g/mol.